The van der Waals surface area contributed by atoms with Gasteiger partial charge < -0.3 is 15.4 Å². The third-order valence-corrected chi connectivity index (χ3v) is 5.64. The van der Waals surface area contributed by atoms with E-state index in [1.807, 2.05) is 35.7 Å². The molecule has 160 valence electrons. The molecule has 8 heteroatoms. The van der Waals surface area contributed by atoms with Gasteiger partial charge in [0.25, 0.3) is 11.8 Å². The second-order valence-corrected chi connectivity index (χ2v) is 8.09. The Hall–Kier alpha value is -3.68. The van der Waals surface area contributed by atoms with Crippen LogP contribution in [0, 0.1) is 0 Å². The number of hydrogen-bond acceptors (Lipinski definition) is 5. The Morgan fingerprint density at radius 1 is 0.938 bits per heavy atom. The van der Waals surface area contributed by atoms with Gasteiger partial charge in [-0.25, -0.2) is 4.98 Å². The summed E-state index contributed by atoms with van der Waals surface area (Å²) in [6.07, 6.45) is 1.52. The zero-order valence-corrected chi connectivity index (χ0v) is 18.3. The molecule has 0 aliphatic heterocycles. The van der Waals surface area contributed by atoms with E-state index in [-0.39, 0.29) is 11.8 Å². The van der Waals surface area contributed by atoms with Crippen LogP contribution in [0.25, 0.3) is 0 Å². The van der Waals surface area contributed by atoms with Crippen molar-refractivity contribution in [1.29, 1.82) is 0 Å². The maximum Gasteiger partial charge on any atom is 0.265 e. The Morgan fingerprint density at radius 2 is 1.78 bits per heavy atom. The number of amides is 2. The molecule has 6 nitrogen and oxygen atoms in total. The van der Waals surface area contributed by atoms with Crippen LogP contribution in [0.5, 0.6) is 5.88 Å². The third-order valence-electron chi connectivity index (χ3n) is 4.45. The number of anilines is 2. The zero-order chi connectivity index (χ0) is 22.3. The highest BCUT2D eigenvalue weighted by Crippen LogP contribution is 2.25. The molecule has 0 radical (unpaired) electrons. The molecule has 2 amide bonds. The van der Waals surface area contributed by atoms with E-state index in [2.05, 4.69) is 15.6 Å². The van der Waals surface area contributed by atoms with Crippen molar-refractivity contribution in [3.8, 4) is 5.88 Å². The van der Waals surface area contributed by atoms with Crippen LogP contribution in [-0.4, -0.2) is 16.8 Å². The SMILES string of the molecule is O=C(Nc1ccc(OCc2ccccc2)nc1)c1ccc(Cl)c(NC(=O)c2cccs2)c1. The van der Waals surface area contributed by atoms with Crippen LogP contribution in [-0.2, 0) is 6.61 Å². The van der Waals surface area contributed by atoms with Crippen molar-refractivity contribution >= 4 is 46.1 Å². The minimum absolute atomic E-state index is 0.283. The van der Waals surface area contributed by atoms with Crippen LogP contribution in [0.1, 0.15) is 25.6 Å². The first kappa shape index (κ1) is 21.5. The van der Waals surface area contributed by atoms with E-state index in [0.29, 0.717) is 39.3 Å². The lowest BCUT2D eigenvalue weighted by Gasteiger charge is -2.10. The molecule has 32 heavy (non-hydrogen) atoms. The topological polar surface area (TPSA) is 80.3 Å². The number of benzene rings is 2. The number of nitrogens with zero attached hydrogens (tertiary/aromatic N) is 1. The molecule has 0 bridgehead atoms. The number of pyridine rings is 1. The minimum atomic E-state index is -0.354. The van der Waals surface area contributed by atoms with E-state index in [9.17, 15) is 9.59 Å². The predicted octanol–water partition coefficient (Wildman–Crippen LogP) is 5.88. The summed E-state index contributed by atoms with van der Waals surface area (Å²) in [7, 11) is 0. The molecule has 2 aromatic heterocycles. The lowest BCUT2D eigenvalue weighted by Crippen LogP contribution is -2.14. The highest BCUT2D eigenvalue weighted by molar-refractivity contribution is 7.12. The molecule has 0 spiro atoms. The first-order valence-electron chi connectivity index (χ1n) is 9.67. The van der Waals surface area contributed by atoms with Crippen LogP contribution < -0.4 is 15.4 Å². The molecule has 4 rings (SSSR count). The summed E-state index contributed by atoms with van der Waals surface area (Å²) in [6, 6.07) is 21.4. The van der Waals surface area contributed by atoms with Gasteiger partial charge in [0.15, 0.2) is 0 Å². The monoisotopic (exact) mass is 463 g/mol. The Labute approximate surface area is 193 Å². The van der Waals surface area contributed by atoms with Gasteiger partial charge in [-0.1, -0.05) is 48.0 Å². The number of ether oxygens (including phenoxy) is 1. The Balaban J connectivity index is 1.38. The molecule has 0 aliphatic rings. The first-order chi connectivity index (χ1) is 15.6. The number of halogens is 1. The average molecular weight is 464 g/mol. The van der Waals surface area contributed by atoms with E-state index in [1.54, 1.807) is 36.4 Å². The number of rotatable bonds is 7. The molecule has 0 fully saturated rings. The Morgan fingerprint density at radius 3 is 2.50 bits per heavy atom. The maximum absolute atomic E-state index is 12.7. The highest BCUT2D eigenvalue weighted by Gasteiger charge is 2.13. The van der Waals surface area contributed by atoms with Crippen molar-refractivity contribution in [1.82, 2.24) is 4.98 Å². The van der Waals surface area contributed by atoms with Crippen molar-refractivity contribution in [2.45, 2.75) is 6.61 Å². The zero-order valence-electron chi connectivity index (χ0n) is 16.7. The summed E-state index contributed by atoms with van der Waals surface area (Å²) in [4.78, 5) is 29.7. The minimum Gasteiger partial charge on any atom is -0.473 e. The van der Waals surface area contributed by atoms with Crippen LogP contribution in [0.3, 0.4) is 0 Å². The summed E-state index contributed by atoms with van der Waals surface area (Å²) in [6.45, 7) is 0.407. The van der Waals surface area contributed by atoms with Crippen molar-refractivity contribution in [2.24, 2.45) is 0 Å². The van der Waals surface area contributed by atoms with Crippen molar-refractivity contribution in [3.05, 3.63) is 105 Å². The van der Waals surface area contributed by atoms with E-state index in [0.717, 1.165) is 5.56 Å². The van der Waals surface area contributed by atoms with Crippen molar-refractivity contribution in [3.63, 3.8) is 0 Å². The van der Waals surface area contributed by atoms with Crippen molar-refractivity contribution in [2.75, 3.05) is 10.6 Å². The second kappa shape index (κ2) is 10.1. The average Bonchev–Trinajstić information content (AvgIpc) is 3.36. The van der Waals surface area contributed by atoms with Gasteiger partial charge in [0.2, 0.25) is 5.88 Å². The molecule has 2 aromatic carbocycles. The van der Waals surface area contributed by atoms with Gasteiger partial charge in [-0.3, -0.25) is 9.59 Å². The molecule has 0 atom stereocenters. The fraction of sp³-hybridized carbons (Fsp3) is 0.0417. The number of thiophene rings is 1. The number of nitrogens with one attached hydrogen (secondary N) is 2. The number of hydrogen-bond donors (Lipinski definition) is 2. The maximum atomic E-state index is 12.7. The molecular formula is C24H18ClN3O3S. The van der Waals surface area contributed by atoms with Crippen LogP contribution in [0.4, 0.5) is 11.4 Å². The van der Waals surface area contributed by atoms with Gasteiger partial charge in [-0.15, -0.1) is 11.3 Å². The largest absolute Gasteiger partial charge is 0.473 e. The molecule has 2 heterocycles. The normalized spacial score (nSPS) is 10.4. The molecule has 0 saturated heterocycles. The summed E-state index contributed by atoms with van der Waals surface area (Å²) in [5.74, 6) is -0.181. The number of aromatic nitrogens is 1. The van der Waals surface area contributed by atoms with Gasteiger partial charge in [0, 0.05) is 11.6 Å². The van der Waals surface area contributed by atoms with Crippen LogP contribution in [0.15, 0.2) is 84.4 Å². The van der Waals surface area contributed by atoms with E-state index in [4.69, 9.17) is 16.3 Å². The summed E-state index contributed by atoms with van der Waals surface area (Å²) in [5.41, 5.74) is 2.26. The van der Waals surface area contributed by atoms with Gasteiger partial charge in [0.05, 0.1) is 27.5 Å². The van der Waals surface area contributed by atoms with Gasteiger partial charge in [-0.2, -0.15) is 0 Å². The molecule has 0 saturated carbocycles. The highest BCUT2D eigenvalue weighted by atomic mass is 35.5. The lowest BCUT2D eigenvalue weighted by molar-refractivity contribution is 0.101. The molecular weight excluding hydrogens is 446 g/mol. The quantitative estimate of drug-likeness (QED) is 0.358. The Kier molecular flexibility index (Phi) is 6.79. The molecule has 0 aliphatic carbocycles. The number of carbonyl (C=O) groups is 2. The fourth-order valence-corrected chi connectivity index (χ4v) is 3.61. The van der Waals surface area contributed by atoms with Gasteiger partial charge >= 0.3 is 0 Å². The smallest absolute Gasteiger partial charge is 0.265 e. The van der Waals surface area contributed by atoms with E-state index >= 15 is 0 Å². The van der Waals surface area contributed by atoms with Crippen LogP contribution >= 0.6 is 22.9 Å². The van der Waals surface area contributed by atoms with Crippen molar-refractivity contribution < 1.29 is 14.3 Å². The molecule has 2 N–H and O–H groups in total. The fourth-order valence-electron chi connectivity index (χ4n) is 2.83. The van der Waals surface area contributed by atoms with E-state index < -0.39 is 0 Å². The third kappa shape index (κ3) is 5.51. The van der Waals surface area contributed by atoms with Gasteiger partial charge in [0.1, 0.15) is 6.61 Å². The molecule has 4 aromatic rings. The predicted molar refractivity (Wildman–Crippen MR) is 127 cm³/mol. The first-order valence-corrected chi connectivity index (χ1v) is 10.9. The molecule has 0 unspecified atom stereocenters. The van der Waals surface area contributed by atoms with Crippen LogP contribution in [0.2, 0.25) is 5.02 Å². The standard InChI is InChI=1S/C24H18ClN3O3S/c25-19-10-8-17(13-20(19)28-24(30)21-7-4-12-32-21)23(29)27-18-9-11-22(26-14-18)31-15-16-5-2-1-3-6-16/h1-14H,15H2,(H,27,29)(H,28,30). The Bertz CT molecular complexity index is 1210. The second-order valence-electron chi connectivity index (χ2n) is 6.74. The van der Waals surface area contributed by atoms with E-state index in [1.165, 1.54) is 23.6 Å². The lowest BCUT2D eigenvalue weighted by atomic mass is 10.1. The summed E-state index contributed by atoms with van der Waals surface area (Å²) >= 11 is 7.51. The number of carbonyl (C=O) groups excluding carboxylic acids is 2. The van der Waals surface area contributed by atoms with Gasteiger partial charge in [-0.05, 0) is 41.3 Å². The summed E-state index contributed by atoms with van der Waals surface area (Å²) < 4.78 is 5.66. The summed E-state index contributed by atoms with van der Waals surface area (Å²) in [5, 5.41) is 7.67.